The Morgan fingerprint density at radius 1 is 1.19 bits per heavy atom. The van der Waals surface area contributed by atoms with Crippen molar-refractivity contribution in [2.45, 2.75) is 19.6 Å². The number of aldehydes is 1. The van der Waals surface area contributed by atoms with Crippen LogP contribution in [0.4, 0.5) is 0 Å². The minimum Gasteiger partial charge on any atom is -0.297 e. The first-order valence-electron chi connectivity index (χ1n) is 5.26. The van der Waals surface area contributed by atoms with E-state index in [0.29, 0.717) is 5.57 Å². The van der Waals surface area contributed by atoms with Gasteiger partial charge in [-0.05, 0) is 11.6 Å². The third-order valence-corrected chi connectivity index (χ3v) is 2.71. The molecule has 1 aromatic rings. The molecule has 0 atom stereocenters. The van der Waals surface area contributed by atoms with Gasteiger partial charge in [0.25, 0.3) is 0 Å². The molecular weight excluding hydrogens is 212 g/mol. The van der Waals surface area contributed by atoms with Crippen LogP contribution >= 0.6 is 0 Å². The van der Waals surface area contributed by atoms with Crippen LogP contribution in [0.3, 0.4) is 0 Å². The van der Waals surface area contributed by atoms with Gasteiger partial charge in [-0.1, -0.05) is 55.9 Å². The zero-order valence-corrected chi connectivity index (χ0v) is 10.9. The molecule has 0 aromatic heterocycles. The topological polar surface area (TPSA) is 17.1 Å². The second-order valence-electron chi connectivity index (χ2n) is 4.63. The van der Waals surface area contributed by atoms with E-state index in [1.54, 1.807) is 0 Å². The van der Waals surface area contributed by atoms with Crippen LogP contribution in [0, 0.1) is 11.5 Å². The van der Waals surface area contributed by atoms with Gasteiger partial charge in [-0.25, -0.2) is 0 Å². The van der Waals surface area contributed by atoms with Crippen molar-refractivity contribution in [3.05, 3.63) is 41.5 Å². The third kappa shape index (κ3) is 4.76. The molecule has 0 spiro atoms. The summed E-state index contributed by atoms with van der Waals surface area (Å²) in [4.78, 5) is 10.9. The molecule has 16 heavy (non-hydrogen) atoms. The van der Waals surface area contributed by atoms with Gasteiger partial charge in [0, 0.05) is 0 Å². The molecule has 0 heterocycles. The van der Waals surface area contributed by atoms with Gasteiger partial charge in [-0.3, -0.25) is 4.79 Å². The van der Waals surface area contributed by atoms with Gasteiger partial charge in [-0.2, -0.15) is 0 Å². The second kappa shape index (κ2) is 5.48. The second-order valence-corrected chi connectivity index (χ2v) is 9.38. The molecule has 0 saturated carbocycles. The zero-order valence-electron chi connectivity index (χ0n) is 9.95. The summed E-state index contributed by atoms with van der Waals surface area (Å²) >= 11 is 0. The number of allylic oxidation sites excluding steroid dienone is 1. The lowest BCUT2D eigenvalue weighted by Gasteiger charge is -2.03. The van der Waals surface area contributed by atoms with E-state index < -0.39 is 8.07 Å². The van der Waals surface area contributed by atoms with Gasteiger partial charge in [-0.15, -0.1) is 5.54 Å². The summed E-state index contributed by atoms with van der Waals surface area (Å²) in [6.45, 7) is 6.47. The van der Waals surface area contributed by atoms with E-state index in [2.05, 4.69) is 31.1 Å². The van der Waals surface area contributed by atoms with Gasteiger partial charge < -0.3 is 0 Å². The largest absolute Gasteiger partial charge is 0.297 e. The maximum atomic E-state index is 10.9. The van der Waals surface area contributed by atoms with E-state index in [0.717, 1.165) is 11.8 Å². The van der Waals surface area contributed by atoms with E-state index >= 15 is 0 Å². The standard InChI is InChI=1S/C14H16OSi/c1-16(2,3)10-9-14(12-15)11-13-7-5-4-6-8-13/h4-8,11-12H,1-3H3/b14-11+. The molecule has 2 heteroatoms. The van der Waals surface area contributed by atoms with Crippen molar-refractivity contribution < 1.29 is 4.79 Å². The number of carbonyl (C=O) groups excluding carboxylic acids is 1. The summed E-state index contributed by atoms with van der Waals surface area (Å²) in [5.41, 5.74) is 4.74. The SMILES string of the molecule is C[Si](C)(C)C#C/C(C=O)=C\c1ccccc1. The van der Waals surface area contributed by atoms with E-state index in [9.17, 15) is 4.79 Å². The van der Waals surface area contributed by atoms with Crippen LogP contribution in [0.2, 0.25) is 19.6 Å². The first-order valence-corrected chi connectivity index (χ1v) is 8.76. The van der Waals surface area contributed by atoms with E-state index in [-0.39, 0.29) is 0 Å². The fourth-order valence-electron chi connectivity index (χ4n) is 1.09. The lowest BCUT2D eigenvalue weighted by molar-refractivity contribution is -0.104. The van der Waals surface area contributed by atoms with E-state index in [1.165, 1.54) is 0 Å². The third-order valence-electron chi connectivity index (χ3n) is 1.83. The lowest BCUT2D eigenvalue weighted by Crippen LogP contribution is -2.16. The molecule has 82 valence electrons. The van der Waals surface area contributed by atoms with Crippen molar-refractivity contribution in [2.24, 2.45) is 0 Å². The number of benzene rings is 1. The molecule has 0 bridgehead atoms. The number of hydrogen-bond donors (Lipinski definition) is 0. The Bertz CT molecular complexity index is 441. The first-order chi connectivity index (χ1) is 7.51. The summed E-state index contributed by atoms with van der Waals surface area (Å²) in [7, 11) is -1.41. The maximum Gasteiger partial charge on any atom is 0.158 e. The Kier molecular flexibility index (Phi) is 4.27. The summed E-state index contributed by atoms with van der Waals surface area (Å²) in [6, 6.07) is 9.76. The van der Waals surface area contributed by atoms with Crippen molar-refractivity contribution in [3.8, 4) is 11.5 Å². The van der Waals surface area contributed by atoms with Crippen molar-refractivity contribution in [2.75, 3.05) is 0 Å². The summed E-state index contributed by atoms with van der Waals surface area (Å²) < 4.78 is 0. The van der Waals surface area contributed by atoms with Crippen molar-refractivity contribution >= 4 is 20.4 Å². The zero-order chi connectivity index (χ0) is 12.0. The lowest BCUT2D eigenvalue weighted by atomic mass is 10.1. The predicted molar refractivity (Wildman–Crippen MR) is 71.6 cm³/mol. The van der Waals surface area contributed by atoms with Crippen LogP contribution < -0.4 is 0 Å². The molecule has 1 aromatic carbocycles. The van der Waals surface area contributed by atoms with Gasteiger partial charge in [0.15, 0.2) is 6.29 Å². The van der Waals surface area contributed by atoms with Gasteiger partial charge in [0.2, 0.25) is 0 Å². The van der Waals surface area contributed by atoms with Crippen LogP contribution in [-0.4, -0.2) is 14.4 Å². The van der Waals surface area contributed by atoms with Gasteiger partial charge in [0.1, 0.15) is 8.07 Å². The van der Waals surface area contributed by atoms with Crippen LogP contribution in [-0.2, 0) is 4.79 Å². The first kappa shape index (κ1) is 12.5. The van der Waals surface area contributed by atoms with Crippen LogP contribution in [0.5, 0.6) is 0 Å². The molecule has 0 N–H and O–H groups in total. The monoisotopic (exact) mass is 228 g/mol. The highest BCUT2D eigenvalue weighted by Crippen LogP contribution is 2.05. The summed E-state index contributed by atoms with van der Waals surface area (Å²) in [5, 5.41) is 0. The molecular formula is C14H16OSi. The molecule has 0 unspecified atom stereocenters. The normalized spacial score (nSPS) is 11.6. The predicted octanol–water partition coefficient (Wildman–Crippen LogP) is 3.15. The molecule has 0 aliphatic rings. The van der Waals surface area contributed by atoms with Crippen LogP contribution in [0.15, 0.2) is 35.9 Å². The van der Waals surface area contributed by atoms with Crippen molar-refractivity contribution in [1.82, 2.24) is 0 Å². The molecule has 0 fully saturated rings. The highest BCUT2D eigenvalue weighted by Gasteiger charge is 2.07. The fourth-order valence-corrected chi connectivity index (χ4v) is 1.61. The summed E-state index contributed by atoms with van der Waals surface area (Å²) in [6.07, 6.45) is 2.64. The number of hydrogen-bond acceptors (Lipinski definition) is 1. The maximum absolute atomic E-state index is 10.9. The van der Waals surface area contributed by atoms with Crippen LogP contribution in [0.1, 0.15) is 5.56 Å². The quantitative estimate of drug-likeness (QED) is 0.329. The average molecular weight is 228 g/mol. The van der Waals surface area contributed by atoms with Crippen LogP contribution in [0.25, 0.3) is 6.08 Å². The average Bonchev–Trinajstić information content (AvgIpc) is 2.24. The smallest absolute Gasteiger partial charge is 0.158 e. The highest BCUT2D eigenvalue weighted by molar-refractivity contribution is 6.83. The van der Waals surface area contributed by atoms with Crippen molar-refractivity contribution in [3.63, 3.8) is 0 Å². The molecule has 1 nitrogen and oxygen atoms in total. The number of rotatable bonds is 2. The molecule has 0 aliphatic heterocycles. The summed E-state index contributed by atoms with van der Waals surface area (Å²) in [5.74, 6) is 2.96. The minimum atomic E-state index is -1.41. The number of carbonyl (C=O) groups is 1. The Morgan fingerprint density at radius 2 is 1.81 bits per heavy atom. The fraction of sp³-hybridized carbons (Fsp3) is 0.214. The van der Waals surface area contributed by atoms with E-state index in [1.807, 2.05) is 36.4 Å². The van der Waals surface area contributed by atoms with Gasteiger partial charge in [0.05, 0.1) is 5.57 Å². The van der Waals surface area contributed by atoms with E-state index in [4.69, 9.17) is 0 Å². The Labute approximate surface area is 98.2 Å². The minimum absolute atomic E-state index is 0.550. The highest BCUT2D eigenvalue weighted by atomic mass is 28.3. The molecule has 1 rings (SSSR count). The molecule has 0 amide bonds. The Morgan fingerprint density at radius 3 is 2.31 bits per heavy atom. The molecule has 0 radical (unpaired) electrons. The Balaban J connectivity index is 2.95. The Hall–Kier alpha value is -1.59. The van der Waals surface area contributed by atoms with Gasteiger partial charge >= 0.3 is 0 Å². The molecule has 0 aliphatic carbocycles. The molecule has 0 saturated heterocycles. The van der Waals surface area contributed by atoms with Crippen molar-refractivity contribution in [1.29, 1.82) is 0 Å².